The lowest BCUT2D eigenvalue weighted by atomic mass is 9.84. The molecule has 0 spiro atoms. The molecule has 4 rings (SSSR count). The van der Waals surface area contributed by atoms with Gasteiger partial charge in [0.15, 0.2) is 0 Å². The second-order valence-electron chi connectivity index (χ2n) is 6.98. The maximum Gasteiger partial charge on any atom is 0.256 e. The van der Waals surface area contributed by atoms with Crippen molar-refractivity contribution in [2.24, 2.45) is 23.5 Å². The van der Waals surface area contributed by atoms with Crippen LogP contribution in [-0.2, 0) is 4.79 Å². The van der Waals surface area contributed by atoms with E-state index in [9.17, 15) is 9.59 Å². The molecule has 132 valence electrons. The molecule has 4 atom stereocenters. The molecule has 2 aromatic rings. The minimum Gasteiger partial charge on any atom is -0.496 e. The quantitative estimate of drug-likeness (QED) is 0.875. The lowest BCUT2D eigenvalue weighted by molar-refractivity contribution is -0.124. The van der Waals surface area contributed by atoms with Gasteiger partial charge in [-0.05, 0) is 50.2 Å². The summed E-state index contributed by atoms with van der Waals surface area (Å²) in [7, 11) is 1.55. The molecule has 0 aliphatic heterocycles. The first kappa shape index (κ1) is 16.3. The van der Waals surface area contributed by atoms with Gasteiger partial charge in [0.25, 0.3) is 5.91 Å². The summed E-state index contributed by atoms with van der Waals surface area (Å²) < 4.78 is 6.22. The van der Waals surface area contributed by atoms with Crippen molar-refractivity contribution in [1.82, 2.24) is 10.3 Å². The summed E-state index contributed by atoms with van der Waals surface area (Å²) in [6.45, 7) is 1.91. The Bertz CT molecular complexity index is 863. The maximum absolute atomic E-state index is 13.1. The lowest BCUT2D eigenvalue weighted by Gasteiger charge is -2.29. The van der Waals surface area contributed by atoms with Crippen LogP contribution in [0.4, 0.5) is 0 Å². The fraction of sp³-hybridized carbons (Fsp3) is 0.500. The zero-order valence-electron chi connectivity index (χ0n) is 14.2. The van der Waals surface area contributed by atoms with Gasteiger partial charge in [-0.2, -0.15) is 0 Å². The van der Waals surface area contributed by atoms with E-state index in [-0.39, 0.29) is 23.8 Å². The number of fused-ring (bicyclic) bond motifs is 3. The van der Waals surface area contributed by atoms with Crippen molar-refractivity contribution < 1.29 is 14.3 Å². The number of hydrogen-bond acceptors (Lipinski definition) is 5. The first-order valence-electron chi connectivity index (χ1n) is 8.54. The highest BCUT2D eigenvalue weighted by Crippen LogP contribution is 2.48. The molecule has 2 aliphatic rings. The molecule has 2 bridgehead atoms. The van der Waals surface area contributed by atoms with Gasteiger partial charge < -0.3 is 15.8 Å². The molecule has 3 unspecified atom stereocenters. The van der Waals surface area contributed by atoms with E-state index in [1.165, 1.54) is 11.3 Å². The van der Waals surface area contributed by atoms with E-state index in [1.807, 2.05) is 13.0 Å². The van der Waals surface area contributed by atoms with E-state index in [4.69, 9.17) is 10.5 Å². The van der Waals surface area contributed by atoms with Crippen molar-refractivity contribution in [1.29, 1.82) is 0 Å². The molecule has 1 aromatic heterocycles. The van der Waals surface area contributed by atoms with Crippen LogP contribution in [0.5, 0.6) is 5.75 Å². The van der Waals surface area contributed by atoms with Crippen molar-refractivity contribution in [2.75, 3.05) is 7.11 Å². The van der Waals surface area contributed by atoms with Crippen LogP contribution in [0.3, 0.4) is 0 Å². The number of methoxy groups -OCH3 is 1. The fourth-order valence-electron chi connectivity index (χ4n) is 4.60. The highest BCUT2D eigenvalue weighted by molar-refractivity contribution is 7.19. The standard InChI is InChI=1S/C18H21N3O3S/c1-8-20-11-5-6-12(24-2)14(16(11)25-8)18(23)21-15-10-4-3-9(7-10)13(15)17(19)22/h5-6,9-10,13,15H,3-4,7H2,1-2H3,(H2,19,22)(H,21,23)/t9-,10?,13?,15?/m1/s1. The van der Waals surface area contributed by atoms with Crippen LogP contribution >= 0.6 is 11.3 Å². The number of aromatic nitrogens is 1. The lowest BCUT2D eigenvalue weighted by Crippen LogP contribution is -2.48. The number of ether oxygens (including phenoxy) is 1. The Labute approximate surface area is 149 Å². The van der Waals surface area contributed by atoms with E-state index in [2.05, 4.69) is 10.3 Å². The highest BCUT2D eigenvalue weighted by atomic mass is 32.1. The number of thiazole rings is 1. The van der Waals surface area contributed by atoms with E-state index in [0.29, 0.717) is 23.1 Å². The average molecular weight is 359 g/mol. The van der Waals surface area contributed by atoms with Crippen molar-refractivity contribution in [2.45, 2.75) is 32.2 Å². The molecular formula is C18H21N3O3S. The fourth-order valence-corrected chi connectivity index (χ4v) is 5.56. The molecule has 2 aliphatic carbocycles. The smallest absolute Gasteiger partial charge is 0.256 e. The summed E-state index contributed by atoms with van der Waals surface area (Å²) in [5.41, 5.74) is 6.90. The summed E-state index contributed by atoms with van der Waals surface area (Å²) in [6, 6.07) is 3.44. The number of nitrogens with two attached hydrogens (primary N) is 1. The highest BCUT2D eigenvalue weighted by Gasteiger charge is 2.50. The van der Waals surface area contributed by atoms with Gasteiger partial charge in [0.1, 0.15) is 11.3 Å². The van der Waals surface area contributed by atoms with Crippen molar-refractivity contribution in [3.05, 3.63) is 22.7 Å². The first-order valence-corrected chi connectivity index (χ1v) is 9.35. The molecule has 6 nitrogen and oxygen atoms in total. The number of aryl methyl sites for hydroxylation is 1. The first-order chi connectivity index (χ1) is 12.0. The van der Waals surface area contributed by atoms with Crippen LogP contribution in [0, 0.1) is 24.7 Å². The predicted octanol–water partition coefficient (Wildman–Crippen LogP) is 2.24. The molecule has 7 heteroatoms. The van der Waals surface area contributed by atoms with Gasteiger partial charge in [-0.1, -0.05) is 0 Å². The number of benzene rings is 1. The van der Waals surface area contributed by atoms with Crippen LogP contribution in [0.25, 0.3) is 10.2 Å². The predicted molar refractivity (Wildman–Crippen MR) is 95.7 cm³/mol. The topological polar surface area (TPSA) is 94.3 Å². The normalized spacial score (nSPS) is 27.6. The molecule has 2 fully saturated rings. The van der Waals surface area contributed by atoms with Gasteiger partial charge in [0.2, 0.25) is 5.91 Å². The molecule has 0 saturated heterocycles. The number of carbonyl (C=O) groups excluding carboxylic acids is 2. The van der Waals surface area contributed by atoms with Crippen LogP contribution in [0.2, 0.25) is 0 Å². The van der Waals surface area contributed by atoms with Gasteiger partial charge in [-0.3, -0.25) is 9.59 Å². The number of amides is 2. The Balaban J connectivity index is 1.69. The van der Waals surface area contributed by atoms with Crippen LogP contribution in [0.1, 0.15) is 34.6 Å². The summed E-state index contributed by atoms with van der Waals surface area (Å²) in [6.07, 6.45) is 3.04. The second kappa shape index (κ2) is 5.98. The molecule has 25 heavy (non-hydrogen) atoms. The zero-order valence-corrected chi connectivity index (χ0v) is 15.1. The number of rotatable bonds is 4. The summed E-state index contributed by atoms with van der Waals surface area (Å²) in [5, 5.41) is 3.99. The number of hydrogen-bond donors (Lipinski definition) is 2. The van der Waals surface area contributed by atoms with Gasteiger partial charge in [0, 0.05) is 6.04 Å². The molecule has 2 saturated carbocycles. The minimum absolute atomic E-state index is 0.183. The van der Waals surface area contributed by atoms with E-state index < -0.39 is 0 Å². The Kier molecular flexibility index (Phi) is 3.91. The second-order valence-corrected chi connectivity index (χ2v) is 8.19. The van der Waals surface area contributed by atoms with Gasteiger partial charge in [-0.15, -0.1) is 11.3 Å². The summed E-state index contributed by atoms with van der Waals surface area (Å²) in [4.78, 5) is 29.4. The molecule has 1 heterocycles. The SMILES string of the molecule is COc1ccc2nc(C)sc2c1C(=O)NC1C2CC[C@H](C2)C1C(N)=O. The Morgan fingerprint density at radius 2 is 2.08 bits per heavy atom. The van der Waals surface area contributed by atoms with E-state index in [0.717, 1.165) is 34.5 Å². The Morgan fingerprint density at radius 1 is 1.32 bits per heavy atom. The third-order valence-electron chi connectivity index (χ3n) is 5.62. The number of primary amides is 1. The molecule has 3 N–H and O–H groups in total. The van der Waals surface area contributed by atoms with Crippen LogP contribution in [0.15, 0.2) is 12.1 Å². The molecule has 1 aromatic carbocycles. The van der Waals surface area contributed by atoms with Crippen molar-refractivity contribution in [3.63, 3.8) is 0 Å². The van der Waals surface area contributed by atoms with E-state index >= 15 is 0 Å². The van der Waals surface area contributed by atoms with Gasteiger partial charge in [-0.25, -0.2) is 4.98 Å². The molecule has 0 radical (unpaired) electrons. The van der Waals surface area contributed by atoms with Crippen LogP contribution < -0.4 is 15.8 Å². The number of nitrogens with one attached hydrogen (secondary N) is 1. The summed E-state index contributed by atoms with van der Waals surface area (Å²) in [5.74, 6) is 0.366. The molecular weight excluding hydrogens is 338 g/mol. The van der Waals surface area contributed by atoms with E-state index in [1.54, 1.807) is 13.2 Å². The zero-order chi connectivity index (χ0) is 17.7. The van der Waals surface area contributed by atoms with Gasteiger partial charge in [0.05, 0.1) is 28.3 Å². The monoisotopic (exact) mass is 359 g/mol. The van der Waals surface area contributed by atoms with Crippen molar-refractivity contribution >= 4 is 33.4 Å². The Hall–Kier alpha value is -2.15. The summed E-state index contributed by atoms with van der Waals surface area (Å²) >= 11 is 1.47. The third-order valence-corrected chi connectivity index (χ3v) is 6.62. The maximum atomic E-state index is 13.1. The third kappa shape index (κ3) is 2.57. The molecule has 2 amide bonds. The van der Waals surface area contributed by atoms with Crippen molar-refractivity contribution in [3.8, 4) is 5.75 Å². The Morgan fingerprint density at radius 3 is 2.80 bits per heavy atom. The largest absolute Gasteiger partial charge is 0.496 e. The number of carbonyl (C=O) groups is 2. The number of nitrogens with zero attached hydrogens (tertiary/aromatic N) is 1. The van der Waals surface area contributed by atoms with Gasteiger partial charge >= 0.3 is 0 Å². The average Bonchev–Trinajstić information content (AvgIpc) is 3.26. The van der Waals surface area contributed by atoms with Crippen LogP contribution in [-0.4, -0.2) is 29.9 Å². The minimum atomic E-state index is -0.309.